The van der Waals surface area contributed by atoms with E-state index in [-0.39, 0.29) is 11.9 Å². The SMILES string of the molecule is CC(=O)NCC[C@@H]1CCCCN1S(=O)(=O)c1ccc2ccccc2c1. The Kier molecular flexibility index (Phi) is 5.39. The Morgan fingerprint density at radius 2 is 1.92 bits per heavy atom. The van der Waals surface area contributed by atoms with Crippen molar-refractivity contribution in [3.63, 3.8) is 0 Å². The summed E-state index contributed by atoms with van der Waals surface area (Å²) >= 11 is 0. The van der Waals surface area contributed by atoms with Gasteiger partial charge in [-0.2, -0.15) is 4.31 Å². The van der Waals surface area contributed by atoms with E-state index in [9.17, 15) is 13.2 Å². The molecule has 1 atom stereocenters. The molecule has 3 rings (SSSR count). The summed E-state index contributed by atoms with van der Waals surface area (Å²) in [7, 11) is -3.53. The van der Waals surface area contributed by atoms with Gasteiger partial charge in [0.2, 0.25) is 15.9 Å². The number of nitrogens with zero attached hydrogens (tertiary/aromatic N) is 1. The van der Waals surface area contributed by atoms with Gasteiger partial charge in [-0.25, -0.2) is 8.42 Å². The minimum Gasteiger partial charge on any atom is -0.356 e. The first kappa shape index (κ1) is 17.9. The number of sulfonamides is 1. The molecule has 2 aromatic rings. The maximum atomic E-state index is 13.2. The third-order valence-electron chi connectivity index (χ3n) is 4.75. The van der Waals surface area contributed by atoms with Crippen molar-refractivity contribution in [1.29, 1.82) is 0 Å². The standard InChI is InChI=1S/C19H24N2O3S/c1-15(22)20-12-11-18-8-4-5-13-21(18)25(23,24)19-10-9-16-6-2-3-7-17(16)14-19/h2-3,6-7,9-10,14,18H,4-5,8,11-13H2,1H3,(H,20,22)/t18-/m0/s1. The summed E-state index contributed by atoms with van der Waals surface area (Å²) in [5.41, 5.74) is 0. The van der Waals surface area contributed by atoms with Crippen LogP contribution in [0, 0.1) is 0 Å². The van der Waals surface area contributed by atoms with Crippen LogP contribution in [0.5, 0.6) is 0 Å². The number of fused-ring (bicyclic) bond motifs is 1. The second-order valence-corrected chi connectivity index (χ2v) is 8.44. The highest BCUT2D eigenvalue weighted by Gasteiger charge is 2.33. The molecule has 1 saturated heterocycles. The molecule has 0 saturated carbocycles. The van der Waals surface area contributed by atoms with Crippen LogP contribution >= 0.6 is 0 Å². The van der Waals surface area contributed by atoms with Crippen molar-refractivity contribution in [2.45, 2.75) is 43.5 Å². The molecule has 1 N–H and O–H groups in total. The highest BCUT2D eigenvalue weighted by molar-refractivity contribution is 7.89. The van der Waals surface area contributed by atoms with Gasteiger partial charge in [0, 0.05) is 26.1 Å². The van der Waals surface area contributed by atoms with Crippen LogP contribution in [-0.2, 0) is 14.8 Å². The molecule has 6 heteroatoms. The molecule has 0 bridgehead atoms. The van der Waals surface area contributed by atoms with E-state index in [1.807, 2.05) is 30.3 Å². The summed E-state index contributed by atoms with van der Waals surface area (Å²) in [6, 6.07) is 13.0. The van der Waals surface area contributed by atoms with E-state index in [1.165, 1.54) is 6.92 Å². The number of amides is 1. The van der Waals surface area contributed by atoms with Gasteiger partial charge in [-0.05, 0) is 42.2 Å². The van der Waals surface area contributed by atoms with Crippen LogP contribution < -0.4 is 5.32 Å². The van der Waals surface area contributed by atoms with Crippen molar-refractivity contribution in [3.8, 4) is 0 Å². The lowest BCUT2D eigenvalue weighted by Gasteiger charge is -2.34. The summed E-state index contributed by atoms with van der Waals surface area (Å²) in [6.45, 7) is 2.52. The number of hydrogen-bond donors (Lipinski definition) is 1. The van der Waals surface area contributed by atoms with E-state index >= 15 is 0 Å². The fourth-order valence-corrected chi connectivity index (χ4v) is 5.22. The van der Waals surface area contributed by atoms with Crippen LogP contribution in [-0.4, -0.2) is 37.8 Å². The molecule has 0 radical (unpaired) electrons. The van der Waals surface area contributed by atoms with Crippen LogP contribution in [0.25, 0.3) is 10.8 Å². The first-order valence-electron chi connectivity index (χ1n) is 8.73. The molecule has 1 amide bonds. The van der Waals surface area contributed by atoms with Crippen molar-refractivity contribution in [3.05, 3.63) is 42.5 Å². The second-order valence-electron chi connectivity index (χ2n) is 6.55. The maximum Gasteiger partial charge on any atom is 0.243 e. The first-order valence-corrected chi connectivity index (χ1v) is 10.2. The van der Waals surface area contributed by atoms with E-state index in [1.54, 1.807) is 16.4 Å². The van der Waals surface area contributed by atoms with Crippen molar-refractivity contribution in [2.75, 3.05) is 13.1 Å². The lowest BCUT2D eigenvalue weighted by molar-refractivity contribution is -0.119. The Morgan fingerprint density at radius 1 is 1.16 bits per heavy atom. The second kappa shape index (κ2) is 7.54. The minimum absolute atomic E-state index is 0.0583. The van der Waals surface area contributed by atoms with E-state index in [0.717, 1.165) is 30.0 Å². The number of nitrogens with one attached hydrogen (secondary N) is 1. The summed E-state index contributed by atoms with van der Waals surface area (Å²) < 4.78 is 28.0. The van der Waals surface area contributed by atoms with Crippen molar-refractivity contribution in [2.24, 2.45) is 0 Å². The number of piperidine rings is 1. The number of hydrogen-bond acceptors (Lipinski definition) is 3. The molecule has 1 fully saturated rings. The molecular weight excluding hydrogens is 336 g/mol. The third kappa shape index (κ3) is 4.02. The third-order valence-corrected chi connectivity index (χ3v) is 6.70. The summed E-state index contributed by atoms with van der Waals surface area (Å²) in [4.78, 5) is 11.4. The first-order chi connectivity index (χ1) is 12.0. The molecule has 0 aliphatic carbocycles. The molecule has 0 unspecified atom stereocenters. The van der Waals surface area contributed by atoms with E-state index in [0.29, 0.717) is 24.4 Å². The zero-order chi connectivity index (χ0) is 17.9. The van der Waals surface area contributed by atoms with Crippen LogP contribution in [0.3, 0.4) is 0 Å². The molecule has 134 valence electrons. The van der Waals surface area contributed by atoms with Gasteiger partial charge in [0.25, 0.3) is 0 Å². The highest BCUT2D eigenvalue weighted by atomic mass is 32.2. The quantitative estimate of drug-likeness (QED) is 0.891. The molecule has 1 aliphatic rings. The lowest BCUT2D eigenvalue weighted by atomic mass is 10.0. The van der Waals surface area contributed by atoms with Crippen molar-refractivity contribution < 1.29 is 13.2 Å². The van der Waals surface area contributed by atoms with E-state index in [4.69, 9.17) is 0 Å². The van der Waals surface area contributed by atoms with Crippen LogP contribution in [0.2, 0.25) is 0 Å². The lowest BCUT2D eigenvalue weighted by Crippen LogP contribution is -2.45. The molecule has 1 heterocycles. The zero-order valence-electron chi connectivity index (χ0n) is 14.4. The average molecular weight is 360 g/mol. The van der Waals surface area contributed by atoms with Gasteiger partial charge >= 0.3 is 0 Å². The minimum atomic E-state index is -3.53. The summed E-state index contributed by atoms with van der Waals surface area (Å²) in [5.74, 6) is -0.0836. The highest BCUT2D eigenvalue weighted by Crippen LogP contribution is 2.28. The number of carbonyl (C=O) groups is 1. The van der Waals surface area contributed by atoms with E-state index in [2.05, 4.69) is 5.32 Å². The molecule has 0 spiro atoms. The number of benzene rings is 2. The summed E-state index contributed by atoms with van der Waals surface area (Å²) in [6.07, 6.45) is 3.39. The van der Waals surface area contributed by atoms with E-state index < -0.39 is 10.0 Å². The Morgan fingerprint density at radius 3 is 2.68 bits per heavy atom. The van der Waals surface area contributed by atoms with Crippen LogP contribution in [0.1, 0.15) is 32.6 Å². The molecule has 1 aliphatic heterocycles. The molecule has 5 nitrogen and oxygen atoms in total. The molecular formula is C19H24N2O3S. The fraction of sp³-hybridized carbons (Fsp3) is 0.421. The Labute approximate surface area is 149 Å². The largest absolute Gasteiger partial charge is 0.356 e. The van der Waals surface area contributed by atoms with Gasteiger partial charge < -0.3 is 5.32 Å². The predicted octanol–water partition coefficient (Wildman–Crippen LogP) is 2.91. The number of rotatable bonds is 5. The van der Waals surface area contributed by atoms with Crippen LogP contribution in [0.15, 0.2) is 47.4 Å². The van der Waals surface area contributed by atoms with Gasteiger partial charge in [0.15, 0.2) is 0 Å². The van der Waals surface area contributed by atoms with Gasteiger partial charge in [-0.15, -0.1) is 0 Å². The topological polar surface area (TPSA) is 66.5 Å². The Hall–Kier alpha value is -1.92. The van der Waals surface area contributed by atoms with Crippen molar-refractivity contribution in [1.82, 2.24) is 9.62 Å². The molecule has 0 aromatic heterocycles. The van der Waals surface area contributed by atoms with Crippen molar-refractivity contribution >= 4 is 26.7 Å². The maximum absolute atomic E-state index is 13.2. The van der Waals surface area contributed by atoms with Gasteiger partial charge in [-0.1, -0.05) is 36.8 Å². The zero-order valence-corrected chi connectivity index (χ0v) is 15.3. The van der Waals surface area contributed by atoms with Gasteiger partial charge in [0.05, 0.1) is 4.90 Å². The molecule has 25 heavy (non-hydrogen) atoms. The van der Waals surface area contributed by atoms with Gasteiger partial charge in [-0.3, -0.25) is 4.79 Å². The fourth-order valence-electron chi connectivity index (χ4n) is 3.46. The smallest absolute Gasteiger partial charge is 0.243 e. The normalized spacial score (nSPS) is 19.0. The Bertz CT molecular complexity index is 864. The average Bonchev–Trinajstić information content (AvgIpc) is 2.61. The molecule has 2 aromatic carbocycles. The number of carbonyl (C=O) groups excluding carboxylic acids is 1. The Balaban J connectivity index is 1.85. The predicted molar refractivity (Wildman–Crippen MR) is 98.8 cm³/mol. The van der Waals surface area contributed by atoms with Crippen LogP contribution in [0.4, 0.5) is 0 Å². The monoisotopic (exact) mass is 360 g/mol. The van der Waals surface area contributed by atoms with Gasteiger partial charge in [0.1, 0.15) is 0 Å². The summed E-state index contributed by atoms with van der Waals surface area (Å²) in [5, 5.41) is 4.72.